The SMILES string of the molecule is CC1(C(=O)Nc2ccccc2C(F)(F)F)Cc2ccccc2C(=O)O1. The number of halogens is 3. The van der Waals surface area contributed by atoms with Gasteiger partial charge in [0.2, 0.25) is 0 Å². The van der Waals surface area contributed by atoms with Gasteiger partial charge in [-0.2, -0.15) is 13.2 Å². The van der Waals surface area contributed by atoms with Gasteiger partial charge in [0, 0.05) is 6.42 Å². The van der Waals surface area contributed by atoms with E-state index in [1.54, 1.807) is 24.3 Å². The standard InChI is InChI=1S/C18H14F3NO3/c1-17(10-11-6-2-3-7-12(11)15(23)25-17)16(24)22-14-9-5-4-8-13(14)18(19,20)21/h2-9H,10H2,1H3,(H,22,24). The number of para-hydroxylation sites is 1. The van der Waals surface area contributed by atoms with Gasteiger partial charge in [0.05, 0.1) is 16.8 Å². The quantitative estimate of drug-likeness (QED) is 0.839. The second-order valence-electron chi connectivity index (χ2n) is 5.95. The third kappa shape index (κ3) is 3.22. The summed E-state index contributed by atoms with van der Waals surface area (Å²) in [5.41, 5.74) is -1.97. The minimum Gasteiger partial charge on any atom is -0.445 e. The van der Waals surface area contributed by atoms with Crippen LogP contribution in [-0.2, 0) is 22.1 Å². The van der Waals surface area contributed by atoms with Crippen molar-refractivity contribution in [2.75, 3.05) is 5.32 Å². The Morgan fingerprint density at radius 3 is 2.48 bits per heavy atom. The maximum absolute atomic E-state index is 13.1. The summed E-state index contributed by atoms with van der Waals surface area (Å²) in [6.45, 7) is 1.38. The Hall–Kier alpha value is -2.83. The number of esters is 1. The molecule has 4 nitrogen and oxygen atoms in total. The van der Waals surface area contributed by atoms with E-state index in [0.29, 0.717) is 11.1 Å². The smallest absolute Gasteiger partial charge is 0.418 e. The van der Waals surface area contributed by atoms with Crippen molar-refractivity contribution in [1.29, 1.82) is 0 Å². The lowest BCUT2D eigenvalue weighted by molar-refractivity contribution is -0.137. The molecule has 0 aromatic heterocycles. The van der Waals surface area contributed by atoms with E-state index in [4.69, 9.17) is 4.74 Å². The van der Waals surface area contributed by atoms with Crippen LogP contribution in [0.15, 0.2) is 48.5 Å². The van der Waals surface area contributed by atoms with Gasteiger partial charge in [-0.3, -0.25) is 4.79 Å². The Morgan fingerprint density at radius 1 is 1.12 bits per heavy atom. The van der Waals surface area contributed by atoms with Crippen LogP contribution in [-0.4, -0.2) is 17.5 Å². The fourth-order valence-corrected chi connectivity index (χ4v) is 2.75. The number of carbonyl (C=O) groups excluding carboxylic acids is 2. The molecule has 130 valence electrons. The summed E-state index contributed by atoms with van der Waals surface area (Å²) in [4.78, 5) is 24.7. The molecule has 0 bridgehead atoms. The molecule has 0 saturated heterocycles. The molecule has 1 aliphatic heterocycles. The van der Waals surface area contributed by atoms with Crippen LogP contribution in [0, 0.1) is 0 Å². The molecule has 1 heterocycles. The van der Waals surface area contributed by atoms with E-state index in [1.807, 2.05) is 0 Å². The normalized spacial score (nSPS) is 19.8. The van der Waals surface area contributed by atoms with Gasteiger partial charge in [-0.25, -0.2) is 4.79 Å². The Morgan fingerprint density at radius 2 is 1.76 bits per heavy atom. The van der Waals surface area contributed by atoms with Crippen LogP contribution in [0.2, 0.25) is 0 Å². The van der Waals surface area contributed by atoms with E-state index in [0.717, 1.165) is 12.1 Å². The zero-order chi connectivity index (χ0) is 18.2. The van der Waals surface area contributed by atoms with Crippen LogP contribution < -0.4 is 5.32 Å². The summed E-state index contributed by atoms with van der Waals surface area (Å²) >= 11 is 0. The summed E-state index contributed by atoms with van der Waals surface area (Å²) in [7, 11) is 0. The molecule has 2 aromatic carbocycles. The molecular weight excluding hydrogens is 335 g/mol. The van der Waals surface area contributed by atoms with Crippen molar-refractivity contribution in [2.24, 2.45) is 0 Å². The summed E-state index contributed by atoms with van der Waals surface area (Å²) in [6, 6.07) is 11.3. The lowest BCUT2D eigenvalue weighted by Crippen LogP contribution is -2.49. The molecule has 3 rings (SSSR count). The van der Waals surface area contributed by atoms with Gasteiger partial charge in [-0.15, -0.1) is 0 Å². The lowest BCUT2D eigenvalue weighted by atomic mass is 9.89. The summed E-state index contributed by atoms with van der Waals surface area (Å²) in [5.74, 6) is -1.49. The number of cyclic esters (lactones) is 1. The number of rotatable bonds is 2. The molecule has 1 aliphatic rings. The topological polar surface area (TPSA) is 55.4 Å². The molecule has 7 heteroatoms. The number of benzene rings is 2. The molecule has 0 spiro atoms. The van der Waals surface area contributed by atoms with Crippen molar-refractivity contribution >= 4 is 17.6 Å². The third-order valence-electron chi connectivity index (χ3n) is 4.04. The number of fused-ring (bicyclic) bond motifs is 1. The van der Waals surface area contributed by atoms with Gasteiger partial charge in [-0.1, -0.05) is 30.3 Å². The third-order valence-corrected chi connectivity index (χ3v) is 4.04. The van der Waals surface area contributed by atoms with E-state index < -0.39 is 29.2 Å². The Balaban J connectivity index is 1.89. The molecular formula is C18H14F3NO3. The van der Waals surface area contributed by atoms with E-state index in [9.17, 15) is 22.8 Å². The maximum Gasteiger partial charge on any atom is 0.418 e. The monoisotopic (exact) mass is 349 g/mol. The molecule has 1 unspecified atom stereocenters. The van der Waals surface area contributed by atoms with Gasteiger partial charge in [0.1, 0.15) is 0 Å². The highest BCUT2D eigenvalue weighted by Crippen LogP contribution is 2.36. The van der Waals surface area contributed by atoms with Crippen LogP contribution in [0.5, 0.6) is 0 Å². The van der Waals surface area contributed by atoms with E-state index in [2.05, 4.69) is 5.32 Å². The fourth-order valence-electron chi connectivity index (χ4n) is 2.75. The van der Waals surface area contributed by atoms with Crippen LogP contribution in [0.4, 0.5) is 18.9 Å². The van der Waals surface area contributed by atoms with E-state index >= 15 is 0 Å². The molecule has 25 heavy (non-hydrogen) atoms. The van der Waals surface area contributed by atoms with E-state index in [1.165, 1.54) is 19.1 Å². The number of carbonyl (C=O) groups is 2. The van der Waals surface area contributed by atoms with Crippen LogP contribution in [0.3, 0.4) is 0 Å². The van der Waals surface area contributed by atoms with Crippen molar-refractivity contribution < 1.29 is 27.5 Å². The molecule has 2 aromatic rings. The molecule has 0 radical (unpaired) electrons. The lowest BCUT2D eigenvalue weighted by Gasteiger charge is -2.33. The first-order chi connectivity index (χ1) is 11.7. The zero-order valence-electron chi connectivity index (χ0n) is 13.2. The van der Waals surface area contributed by atoms with Crippen LogP contribution in [0.1, 0.15) is 28.4 Å². The van der Waals surface area contributed by atoms with Crippen LogP contribution >= 0.6 is 0 Å². The number of amides is 1. The predicted octanol–water partition coefficient (Wildman–Crippen LogP) is 3.82. The highest BCUT2D eigenvalue weighted by atomic mass is 19.4. The van der Waals surface area contributed by atoms with Crippen molar-refractivity contribution in [3.8, 4) is 0 Å². The Kier molecular flexibility index (Phi) is 4.02. The largest absolute Gasteiger partial charge is 0.445 e. The van der Waals surface area contributed by atoms with Crippen LogP contribution in [0.25, 0.3) is 0 Å². The maximum atomic E-state index is 13.1. The zero-order valence-corrected chi connectivity index (χ0v) is 13.2. The first-order valence-electron chi connectivity index (χ1n) is 7.50. The Bertz CT molecular complexity index is 847. The number of hydrogen-bond acceptors (Lipinski definition) is 3. The first kappa shape index (κ1) is 17.0. The van der Waals surface area contributed by atoms with Crippen molar-refractivity contribution in [1.82, 2.24) is 0 Å². The highest BCUT2D eigenvalue weighted by Gasteiger charge is 2.43. The molecule has 1 atom stereocenters. The number of nitrogens with one attached hydrogen (secondary N) is 1. The van der Waals surface area contributed by atoms with Gasteiger partial charge in [0.25, 0.3) is 5.91 Å². The minimum absolute atomic E-state index is 0.0783. The van der Waals surface area contributed by atoms with Gasteiger partial charge in [0.15, 0.2) is 5.60 Å². The van der Waals surface area contributed by atoms with Crippen molar-refractivity contribution in [2.45, 2.75) is 25.1 Å². The molecule has 0 aliphatic carbocycles. The summed E-state index contributed by atoms with van der Waals surface area (Å²) in [6.07, 6.45) is -4.53. The number of hydrogen-bond donors (Lipinski definition) is 1. The Labute approximate surface area is 141 Å². The van der Waals surface area contributed by atoms with Crippen molar-refractivity contribution in [3.63, 3.8) is 0 Å². The molecule has 0 saturated carbocycles. The van der Waals surface area contributed by atoms with Gasteiger partial charge < -0.3 is 10.1 Å². The second kappa shape index (κ2) is 5.91. The number of anilines is 1. The average molecular weight is 349 g/mol. The number of alkyl halides is 3. The summed E-state index contributed by atoms with van der Waals surface area (Å²) in [5, 5.41) is 2.24. The van der Waals surface area contributed by atoms with Crippen molar-refractivity contribution in [3.05, 3.63) is 65.2 Å². The molecule has 0 fully saturated rings. The van der Waals surface area contributed by atoms with Gasteiger partial charge in [-0.05, 0) is 30.7 Å². The fraction of sp³-hybridized carbons (Fsp3) is 0.222. The van der Waals surface area contributed by atoms with E-state index in [-0.39, 0.29) is 12.1 Å². The predicted molar refractivity (Wildman–Crippen MR) is 84.0 cm³/mol. The summed E-state index contributed by atoms with van der Waals surface area (Å²) < 4.78 is 44.4. The minimum atomic E-state index is -4.61. The first-order valence-corrected chi connectivity index (χ1v) is 7.50. The van der Waals surface area contributed by atoms with Gasteiger partial charge >= 0.3 is 12.1 Å². The average Bonchev–Trinajstić information content (AvgIpc) is 2.54. The number of ether oxygens (including phenoxy) is 1. The highest BCUT2D eigenvalue weighted by molar-refractivity contribution is 6.02. The second-order valence-corrected chi connectivity index (χ2v) is 5.95. The molecule has 1 N–H and O–H groups in total. The molecule has 1 amide bonds.